The zero-order chi connectivity index (χ0) is 11.3. The van der Waals surface area contributed by atoms with E-state index in [2.05, 4.69) is 4.74 Å². The van der Waals surface area contributed by atoms with Gasteiger partial charge in [0, 0.05) is 6.42 Å². The van der Waals surface area contributed by atoms with Crippen molar-refractivity contribution in [2.24, 2.45) is 0 Å². The number of ether oxygens (including phenoxy) is 1. The van der Waals surface area contributed by atoms with Gasteiger partial charge in [0.15, 0.2) is 0 Å². The number of hydrogen-bond donors (Lipinski definition) is 0. The Morgan fingerprint density at radius 2 is 2.13 bits per heavy atom. The minimum absolute atomic E-state index is 0.0896. The molecule has 0 aliphatic rings. The van der Waals surface area contributed by atoms with E-state index >= 15 is 0 Å². The van der Waals surface area contributed by atoms with Crippen LogP contribution >= 0.6 is 0 Å². The Kier molecular flexibility index (Phi) is 4.15. The predicted molar refractivity (Wildman–Crippen MR) is 47.4 cm³/mol. The molecule has 1 aromatic rings. The molecule has 0 radical (unpaired) electrons. The van der Waals surface area contributed by atoms with E-state index in [1.807, 2.05) is 0 Å². The summed E-state index contributed by atoms with van der Waals surface area (Å²) in [5.41, 5.74) is 0.266. The van der Waals surface area contributed by atoms with Gasteiger partial charge in [-0.2, -0.15) is 8.78 Å². The van der Waals surface area contributed by atoms with Gasteiger partial charge < -0.3 is 9.53 Å². The first-order chi connectivity index (χ1) is 7.13. The lowest BCUT2D eigenvalue weighted by molar-refractivity contribution is -0.107. The lowest BCUT2D eigenvalue weighted by Gasteiger charge is -2.09. The molecule has 5 heteroatoms. The number of aryl methyl sites for hydroxylation is 1. The third-order valence-corrected chi connectivity index (χ3v) is 1.77. The second-order valence-electron chi connectivity index (χ2n) is 2.84. The molecule has 1 aromatic carbocycles. The molecule has 1 rings (SSSR count). The van der Waals surface area contributed by atoms with Gasteiger partial charge in [-0.3, -0.25) is 0 Å². The van der Waals surface area contributed by atoms with E-state index in [-0.39, 0.29) is 24.2 Å². The summed E-state index contributed by atoms with van der Waals surface area (Å²) in [5, 5.41) is 0. The van der Waals surface area contributed by atoms with Gasteiger partial charge in [-0.05, 0) is 30.2 Å². The lowest BCUT2D eigenvalue weighted by atomic mass is 10.1. The molecule has 2 nitrogen and oxygen atoms in total. The SMILES string of the molecule is O=CCCc1cc(F)ccc1OC(F)F. The summed E-state index contributed by atoms with van der Waals surface area (Å²) >= 11 is 0. The molecular formula is C10H9F3O2. The molecule has 0 saturated heterocycles. The van der Waals surface area contributed by atoms with Crippen molar-refractivity contribution in [3.8, 4) is 5.75 Å². The fourth-order valence-corrected chi connectivity index (χ4v) is 1.17. The number of carbonyl (C=O) groups excluding carboxylic acids is 1. The smallest absolute Gasteiger partial charge is 0.387 e. The van der Waals surface area contributed by atoms with Crippen LogP contribution < -0.4 is 4.74 Å². The van der Waals surface area contributed by atoms with Gasteiger partial charge in [0.2, 0.25) is 0 Å². The Hall–Kier alpha value is -1.52. The molecule has 82 valence electrons. The molecule has 0 saturated carbocycles. The number of aldehydes is 1. The van der Waals surface area contributed by atoms with Crippen LogP contribution in [0, 0.1) is 5.82 Å². The molecule has 0 unspecified atom stereocenters. The quantitative estimate of drug-likeness (QED) is 0.710. The summed E-state index contributed by atoms with van der Waals surface area (Å²) in [4.78, 5) is 10.1. The van der Waals surface area contributed by atoms with Crippen molar-refractivity contribution in [2.75, 3.05) is 0 Å². The maximum Gasteiger partial charge on any atom is 0.387 e. The van der Waals surface area contributed by atoms with E-state index < -0.39 is 12.4 Å². The van der Waals surface area contributed by atoms with Gasteiger partial charge in [-0.25, -0.2) is 4.39 Å². The molecule has 0 aliphatic heterocycles. The standard InChI is InChI=1S/C10H9F3O2/c11-8-3-4-9(15-10(12)13)7(6-8)2-1-5-14/h3-6,10H,1-2H2. The highest BCUT2D eigenvalue weighted by molar-refractivity contribution is 5.51. The largest absolute Gasteiger partial charge is 0.435 e. The van der Waals surface area contributed by atoms with Crippen LogP contribution in [0.1, 0.15) is 12.0 Å². The van der Waals surface area contributed by atoms with Crippen molar-refractivity contribution in [1.82, 2.24) is 0 Å². The molecule has 15 heavy (non-hydrogen) atoms. The Bertz CT molecular complexity index is 339. The summed E-state index contributed by atoms with van der Waals surface area (Å²) in [6.07, 6.45) is 0.962. The van der Waals surface area contributed by atoms with Gasteiger partial charge in [0.1, 0.15) is 17.9 Å². The van der Waals surface area contributed by atoms with Crippen LogP contribution in [0.3, 0.4) is 0 Å². The Morgan fingerprint density at radius 3 is 2.73 bits per heavy atom. The molecule has 0 heterocycles. The highest BCUT2D eigenvalue weighted by Gasteiger charge is 2.10. The minimum atomic E-state index is -2.95. The normalized spacial score (nSPS) is 10.4. The summed E-state index contributed by atoms with van der Waals surface area (Å²) in [5.74, 6) is -0.634. The Labute approximate surface area is 84.7 Å². The van der Waals surface area contributed by atoms with Crippen LogP contribution in [0.5, 0.6) is 5.75 Å². The number of benzene rings is 1. The Balaban J connectivity index is 2.86. The fourth-order valence-electron chi connectivity index (χ4n) is 1.17. The highest BCUT2D eigenvalue weighted by Crippen LogP contribution is 2.22. The van der Waals surface area contributed by atoms with Crippen molar-refractivity contribution >= 4 is 6.29 Å². The van der Waals surface area contributed by atoms with Gasteiger partial charge in [0.25, 0.3) is 0 Å². The molecule has 0 spiro atoms. The van der Waals surface area contributed by atoms with Gasteiger partial charge in [-0.15, -0.1) is 0 Å². The first kappa shape index (κ1) is 11.6. The van der Waals surface area contributed by atoms with Crippen LogP contribution in [0.15, 0.2) is 18.2 Å². The first-order valence-corrected chi connectivity index (χ1v) is 4.30. The first-order valence-electron chi connectivity index (χ1n) is 4.30. The molecule has 0 fully saturated rings. The Morgan fingerprint density at radius 1 is 1.40 bits per heavy atom. The van der Waals surface area contributed by atoms with E-state index in [0.29, 0.717) is 6.29 Å². The van der Waals surface area contributed by atoms with Crippen LogP contribution in [0.2, 0.25) is 0 Å². The number of alkyl halides is 2. The minimum Gasteiger partial charge on any atom is -0.435 e. The zero-order valence-corrected chi connectivity index (χ0v) is 7.75. The summed E-state index contributed by atoms with van der Waals surface area (Å²) in [6, 6.07) is 3.24. The van der Waals surface area contributed by atoms with Crippen molar-refractivity contribution in [3.63, 3.8) is 0 Å². The molecule has 0 atom stereocenters. The molecule has 0 amide bonds. The van der Waals surface area contributed by atoms with Crippen molar-refractivity contribution in [1.29, 1.82) is 0 Å². The lowest BCUT2D eigenvalue weighted by Crippen LogP contribution is -2.05. The van der Waals surface area contributed by atoms with E-state index in [4.69, 9.17) is 0 Å². The molecule has 0 aliphatic carbocycles. The maximum absolute atomic E-state index is 12.8. The third kappa shape index (κ3) is 3.61. The average Bonchev–Trinajstić information content (AvgIpc) is 2.18. The van der Waals surface area contributed by atoms with Crippen LogP contribution in [-0.2, 0) is 11.2 Å². The number of carbonyl (C=O) groups is 1. The molecule has 0 N–H and O–H groups in total. The summed E-state index contributed by atoms with van der Waals surface area (Å²) in [6.45, 7) is -2.95. The number of halogens is 3. The highest BCUT2D eigenvalue weighted by atomic mass is 19.3. The number of hydrogen-bond acceptors (Lipinski definition) is 2. The van der Waals surface area contributed by atoms with Gasteiger partial charge >= 0.3 is 6.61 Å². The van der Waals surface area contributed by atoms with Gasteiger partial charge in [0.05, 0.1) is 0 Å². The van der Waals surface area contributed by atoms with Crippen LogP contribution in [0.4, 0.5) is 13.2 Å². The van der Waals surface area contributed by atoms with Crippen molar-refractivity contribution in [2.45, 2.75) is 19.5 Å². The fraction of sp³-hybridized carbons (Fsp3) is 0.300. The molecule has 0 aromatic heterocycles. The van der Waals surface area contributed by atoms with E-state index in [1.165, 1.54) is 0 Å². The second-order valence-corrected chi connectivity index (χ2v) is 2.84. The van der Waals surface area contributed by atoms with E-state index in [1.54, 1.807) is 0 Å². The number of rotatable bonds is 5. The monoisotopic (exact) mass is 218 g/mol. The van der Waals surface area contributed by atoms with Crippen LogP contribution in [0.25, 0.3) is 0 Å². The summed E-state index contributed by atoms with van der Waals surface area (Å²) in [7, 11) is 0. The molecule has 0 bridgehead atoms. The second kappa shape index (κ2) is 5.38. The third-order valence-electron chi connectivity index (χ3n) is 1.77. The average molecular weight is 218 g/mol. The van der Waals surface area contributed by atoms with Gasteiger partial charge in [-0.1, -0.05) is 0 Å². The maximum atomic E-state index is 12.8. The van der Waals surface area contributed by atoms with E-state index in [0.717, 1.165) is 18.2 Å². The van der Waals surface area contributed by atoms with Crippen molar-refractivity contribution in [3.05, 3.63) is 29.6 Å². The molecular weight excluding hydrogens is 209 g/mol. The predicted octanol–water partition coefficient (Wildman–Crippen LogP) is 2.56. The summed E-state index contributed by atoms with van der Waals surface area (Å²) < 4.78 is 40.8. The zero-order valence-electron chi connectivity index (χ0n) is 7.75. The van der Waals surface area contributed by atoms with Crippen molar-refractivity contribution < 1.29 is 22.7 Å². The topological polar surface area (TPSA) is 26.3 Å². The van der Waals surface area contributed by atoms with E-state index in [9.17, 15) is 18.0 Å². The van der Waals surface area contributed by atoms with Crippen LogP contribution in [-0.4, -0.2) is 12.9 Å².